The van der Waals surface area contributed by atoms with Gasteiger partial charge in [0.25, 0.3) is 0 Å². The molecule has 19 heavy (non-hydrogen) atoms. The number of benzene rings is 1. The van der Waals surface area contributed by atoms with Crippen molar-refractivity contribution in [2.75, 3.05) is 7.05 Å². The molecule has 1 N–H and O–H groups in total. The van der Waals surface area contributed by atoms with Crippen molar-refractivity contribution in [2.24, 2.45) is 0 Å². The van der Waals surface area contributed by atoms with Gasteiger partial charge in [-0.25, -0.2) is 0 Å². The topological polar surface area (TPSA) is 47.3 Å². The number of nitrogens with one attached hydrogen (secondary N) is 1. The van der Waals surface area contributed by atoms with E-state index in [-0.39, 0.29) is 6.10 Å². The number of rotatable bonds is 4. The molecule has 4 heteroatoms. The molecule has 0 aliphatic heterocycles. The normalized spacial score (nSPS) is 18.1. The predicted molar refractivity (Wildman–Crippen MR) is 72.0 cm³/mol. The van der Waals surface area contributed by atoms with Crippen molar-refractivity contribution >= 4 is 0 Å². The number of aromatic nitrogens is 1. The largest absolute Gasteiger partial charge is 0.442 e. The molecule has 100 valence electrons. The molecule has 0 saturated carbocycles. The number of fused-ring (bicyclic) bond motifs is 1. The Hall–Kier alpha value is -1.81. The van der Waals surface area contributed by atoms with Crippen LogP contribution in [0.3, 0.4) is 0 Å². The molecular weight excluding hydrogens is 240 g/mol. The Morgan fingerprint density at radius 3 is 3.21 bits per heavy atom. The van der Waals surface area contributed by atoms with Gasteiger partial charge in [0.1, 0.15) is 12.4 Å². The summed E-state index contributed by atoms with van der Waals surface area (Å²) in [6.45, 7) is 0.689. The fourth-order valence-corrected chi connectivity index (χ4v) is 2.56. The summed E-state index contributed by atoms with van der Waals surface area (Å²) in [6, 6.07) is 8.45. The van der Waals surface area contributed by atoms with Gasteiger partial charge >= 0.3 is 6.08 Å². The highest BCUT2D eigenvalue weighted by molar-refractivity contribution is 5.31. The van der Waals surface area contributed by atoms with Crippen LogP contribution in [0, 0.1) is 0 Å². The monoisotopic (exact) mass is 258 g/mol. The number of oxazole rings is 1. The highest BCUT2D eigenvalue weighted by Gasteiger charge is 2.22. The lowest BCUT2D eigenvalue weighted by Gasteiger charge is -2.24. The van der Waals surface area contributed by atoms with Crippen LogP contribution in [-0.2, 0) is 13.0 Å². The maximum atomic E-state index is 5.90. The zero-order chi connectivity index (χ0) is 13.1. The lowest BCUT2D eigenvalue weighted by Crippen LogP contribution is -2.15. The minimum atomic E-state index is 0.0611. The standard InChI is InChI=1S/C15H18N2O2/c1-16-9-12-10-18-15(17-12)19-14-8-4-6-11-5-2-3-7-13(11)14/h2-3,5,7,10,14,16H,4,6,8-9H2,1H3. The third kappa shape index (κ3) is 2.63. The van der Waals surface area contributed by atoms with Crippen molar-refractivity contribution in [3.63, 3.8) is 0 Å². The van der Waals surface area contributed by atoms with Crippen LogP contribution in [-0.4, -0.2) is 12.0 Å². The van der Waals surface area contributed by atoms with E-state index in [1.54, 1.807) is 6.26 Å². The van der Waals surface area contributed by atoms with E-state index >= 15 is 0 Å². The Morgan fingerprint density at radius 1 is 1.42 bits per heavy atom. The van der Waals surface area contributed by atoms with Gasteiger partial charge in [-0.15, -0.1) is 0 Å². The maximum Gasteiger partial charge on any atom is 0.394 e. The van der Waals surface area contributed by atoms with Crippen molar-refractivity contribution in [3.8, 4) is 6.08 Å². The Bertz CT molecular complexity index is 551. The smallest absolute Gasteiger partial charge is 0.394 e. The zero-order valence-electron chi connectivity index (χ0n) is 11.1. The van der Waals surface area contributed by atoms with Crippen molar-refractivity contribution in [1.29, 1.82) is 0 Å². The molecule has 0 bridgehead atoms. The van der Waals surface area contributed by atoms with Crippen LogP contribution in [0.4, 0.5) is 0 Å². The molecule has 0 spiro atoms. The van der Waals surface area contributed by atoms with Gasteiger partial charge in [-0.05, 0) is 37.4 Å². The summed E-state index contributed by atoms with van der Waals surface area (Å²) >= 11 is 0. The third-order valence-electron chi connectivity index (χ3n) is 3.45. The minimum Gasteiger partial charge on any atom is -0.442 e. The van der Waals surface area contributed by atoms with Crippen LogP contribution >= 0.6 is 0 Å². The Balaban J connectivity index is 1.76. The number of ether oxygens (including phenoxy) is 1. The maximum absolute atomic E-state index is 5.90. The number of hydrogen-bond acceptors (Lipinski definition) is 4. The first-order valence-electron chi connectivity index (χ1n) is 6.70. The molecule has 1 aliphatic rings. The average Bonchev–Trinajstić information content (AvgIpc) is 2.87. The van der Waals surface area contributed by atoms with E-state index in [9.17, 15) is 0 Å². The lowest BCUT2D eigenvalue weighted by atomic mass is 9.89. The zero-order valence-corrected chi connectivity index (χ0v) is 11.1. The van der Waals surface area contributed by atoms with Gasteiger partial charge in [0.05, 0.1) is 5.69 Å². The lowest BCUT2D eigenvalue weighted by molar-refractivity contribution is 0.132. The number of aryl methyl sites for hydroxylation is 1. The van der Waals surface area contributed by atoms with Crippen LogP contribution in [0.15, 0.2) is 34.9 Å². The number of hydrogen-bond donors (Lipinski definition) is 1. The molecule has 1 aliphatic carbocycles. The van der Waals surface area contributed by atoms with E-state index in [0.717, 1.165) is 25.0 Å². The second-order valence-electron chi connectivity index (χ2n) is 4.83. The molecule has 1 unspecified atom stereocenters. The number of nitrogens with zero attached hydrogens (tertiary/aromatic N) is 1. The molecule has 2 aromatic rings. The Labute approximate surface area is 112 Å². The summed E-state index contributed by atoms with van der Waals surface area (Å²) in [5, 5.41) is 3.04. The van der Waals surface area contributed by atoms with Crippen LogP contribution in [0.25, 0.3) is 0 Å². The van der Waals surface area contributed by atoms with Crippen molar-refractivity contribution in [1.82, 2.24) is 10.3 Å². The van der Waals surface area contributed by atoms with Gasteiger partial charge in [0, 0.05) is 6.54 Å². The minimum absolute atomic E-state index is 0.0611. The first-order valence-corrected chi connectivity index (χ1v) is 6.70. The summed E-state index contributed by atoms with van der Waals surface area (Å²) in [7, 11) is 1.88. The molecule has 0 saturated heterocycles. The van der Waals surface area contributed by atoms with E-state index in [1.165, 1.54) is 11.1 Å². The van der Waals surface area contributed by atoms with Gasteiger partial charge in [0.2, 0.25) is 0 Å². The van der Waals surface area contributed by atoms with Gasteiger partial charge in [-0.1, -0.05) is 24.3 Å². The van der Waals surface area contributed by atoms with Gasteiger partial charge < -0.3 is 14.5 Å². The fourth-order valence-electron chi connectivity index (χ4n) is 2.56. The molecule has 3 rings (SSSR count). The van der Waals surface area contributed by atoms with E-state index in [2.05, 4.69) is 34.6 Å². The summed E-state index contributed by atoms with van der Waals surface area (Å²) in [4.78, 5) is 4.32. The summed E-state index contributed by atoms with van der Waals surface area (Å²) in [5.41, 5.74) is 3.50. The first kappa shape index (κ1) is 12.2. The Morgan fingerprint density at radius 2 is 2.32 bits per heavy atom. The van der Waals surface area contributed by atoms with Gasteiger partial charge in [-0.3, -0.25) is 0 Å². The van der Waals surface area contributed by atoms with Crippen molar-refractivity contribution in [2.45, 2.75) is 31.9 Å². The predicted octanol–water partition coefficient (Wildman–Crippen LogP) is 2.85. The first-order chi connectivity index (χ1) is 9.36. The molecule has 0 fully saturated rings. The van der Waals surface area contributed by atoms with E-state index < -0.39 is 0 Å². The highest BCUT2D eigenvalue weighted by atomic mass is 16.6. The van der Waals surface area contributed by atoms with E-state index in [4.69, 9.17) is 9.15 Å². The SMILES string of the molecule is CNCc1coc(OC2CCCc3ccccc32)n1. The molecule has 0 amide bonds. The van der Waals surface area contributed by atoms with E-state index in [1.807, 2.05) is 7.05 Å². The molecule has 1 aromatic heterocycles. The third-order valence-corrected chi connectivity index (χ3v) is 3.45. The van der Waals surface area contributed by atoms with Gasteiger partial charge in [-0.2, -0.15) is 4.98 Å². The van der Waals surface area contributed by atoms with Crippen LogP contribution in [0.5, 0.6) is 6.08 Å². The summed E-state index contributed by atoms with van der Waals surface area (Å²) < 4.78 is 11.3. The average molecular weight is 258 g/mol. The summed E-state index contributed by atoms with van der Waals surface area (Å²) in [6.07, 6.45) is 5.36. The quantitative estimate of drug-likeness (QED) is 0.916. The molecule has 4 nitrogen and oxygen atoms in total. The second kappa shape index (κ2) is 5.45. The van der Waals surface area contributed by atoms with Gasteiger partial charge in [0.15, 0.2) is 0 Å². The fraction of sp³-hybridized carbons (Fsp3) is 0.400. The molecule has 1 heterocycles. The van der Waals surface area contributed by atoms with Crippen LogP contribution in [0.1, 0.15) is 35.8 Å². The molecular formula is C15H18N2O2. The molecule has 1 atom stereocenters. The Kier molecular flexibility index (Phi) is 3.51. The van der Waals surface area contributed by atoms with E-state index in [0.29, 0.717) is 12.6 Å². The second-order valence-corrected chi connectivity index (χ2v) is 4.83. The van der Waals surface area contributed by atoms with Crippen molar-refractivity contribution < 1.29 is 9.15 Å². The highest BCUT2D eigenvalue weighted by Crippen LogP contribution is 2.33. The summed E-state index contributed by atoms with van der Waals surface area (Å²) in [5.74, 6) is 0. The molecule has 0 radical (unpaired) electrons. The van der Waals surface area contributed by atoms with Crippen LogP contribution in [0.2, 0.25) is 0 Å². The molecule has 1 aromatic carbocycles. The van der Waals surface area contributed by atoms with Crippen LogP contribution < -0.4 is 10.1 Å². The van der Waals surface area contributed by atoms with Crippen molar-refractivity contribution in [3.05, 3.63) is 47.3 Å².